The number of nitrogens with two attached hydrogens (primary N) is 3. The smallest absolute Gasteiger partial charge is 0.478 e. The number of carboxylic acids is 3. The zero-order valence-corrected chi connectivity index (χ0v) is 38.5. The maximum Gasteiger partial charge on any atom is 0.494 e. The van der Waals surface area contributed by atoms with Crippen LogP contribution in [0.1, 0.15) is 66.2 Å². The summed E-state index contributed by atoms with van der Waals surface area (Å²) >= 11 is 5.67. The summed E-state index contributed by atoms with van der Waals surface area (Å²) in [5, 5.41) is 27.4. The van der Waals surface area contributed by atoms with E-state index in [2.05, 4.69) is 44.9 Å². The second-order valence-corrected chi connectivity index (χ2v) is 16.6. The molecule has 10 rings (SSSR count). The molecule has 0 bridgehead atoms. The SMILES string of the molecule is C.CC1(C)OB(c2cccc(C(=O)O)c2)OC1(C)C.Nc1ncnc2ccc(-c3cccc(C(=O)O)c3)nc12.Nc1ncnc2ccc(-c3cccc(C(=O)O)c3)nc12.Nc1ncnc2ccc(Cl)nc12. The molecule has 9 N–H and O–H groups in total. The van der Waals surface area contributed by atoms with Crippen molar-refractivity contribution in [3.63, 3.8) is 0 Å². The topological polar surface area (TPSA) is 324 Å². The first kappa shape index (κ1) is 51.6. The number of hydrogen-bond acceptors (Lipinski definition) is 17. The number of pyridine rings is 3. The molecule has 0 saturated carbocycles. The van der Waals surface area contributed by atoms with Crippen LogP contribution in [0.4, 0.5) is 17.5 Å². The van der Waals surface area contributed by atoms with Crippen LogP contribution in [0.3, 0.4) is 0 Å². The minimum Gasteiger partial charge on any atom is -0.478 e. The van der Waals surface area contributed by atoms with Crippen molar-refractivity contribution in [2.45, 2.75) is 46.3 Å². The average Bonchev–Trinajstić information content (AvgIpc) is 3.58. The molecular formula is C49H46BClN12O8. The number of anilines is 3. The highest BCUT2D eigenvalue weighted by Crippen LogP contribution is 2.36. The molecule has 0 amide bonds. The van der Waals surface area contributed by atoms with Gasteiger partial charge in [0.15, 0.2) is 17.5 Å². The first-order valence-corrected chi connectivity index (χ1v) is 21.3. The van der Waals surface area contributed by atoms with E-state index in [9.17, 15) is 14.4 Å². The van der Waals surface area contributed by atoms with E-state index in [4.69, 9.17) is 53.4 Å². The van der Waals surface area contributed by atoms with Gasteiger partial charge in [-0.1, -0.05) is 55.4 Å². The Labute approximate surface area is 411 Å². The Morgan fingerprint density at radius 2 is 0.873 bits per heavy atom. The van der Waals surface area contributed by atoms with E-state index in [1.54, 1.807) is 91.0 Å². The number of aromatic carboxylic acids is 3. The Kier molecular flexibility index (Phi) is 15.7. The van der Waals surface area contributed by atoms with Crippen LogP contribution in [0.25, 0.3) is 55.6 Å². The predicted molar refractivity (Wildman–Crippen MR) is 271 cm³/mol. The van der Waals surface area contributed by atoms with Crippen molar-refractivity contribution in [2.75, 3.05) is 17.2 Å². The fourth-order valence-corrected chi connectivity index (χ4v) is 6.74. The standard InChI is InChI=1S/2C14H10N4O2.C13H17BO4.C7H5ClN4.CH4/c2*15-13-12-11(16-7-17-13)5-4-10(18-12)8-2-1-3-9(6-8)14(19)20;1-12(2)13(3,4)18-14(17-12)10-7-5-6-9(8-10)11(15)16;8-5-2-1-4-6(12-5)7(9)11-3-10-4;/h2*1-7H,(H,19,20)(H2,15,16,17);5-8H,1-4H3,(H,15,16);1-3H,(H2,9,10,11);1H4. The number of aromatic nitrogens is 9. The molecule has 0 atom stereocenters. The highest BCUT2D eigenvalue weighted by atomic mass is 35.5. The zero-order valence-electron chi connectivity index (χ0n) is 37.7. The zero-order chi connectivity index (χ0) is 50.3. The van der Waals surface area contributed by atoms with Gasteiger partial charge in [-0.3, -0.25) is 0 Å². The lowest BCUT2D eigenvalue weighted by atomic mass is 9.78. The summed E-state index contributed by atoms with van der Waals surface area (Å²) in [6.45, 7) is 7.87. The van der Waals surface area contributed by atoms with Crippen LogP contribution in [0.15, 0.2) is 128 Å². The molecule has 0 aliphatic carbocycles. The van der Waals surface area contributed by atoms with Crippen LogP contribution in [-0.2, 0) is 9.31 Å². The number of nitrogens with zero attached hydrogens (tertiary/aromatic N) is 9. The van der Waals surface area contributed by atoms with Gasteiger partial charge in [-0.25, -0.2) is 59.2 Å². The summed E-state index contributed by atoms with van der Waals surface area (Å²) in [7, 11) is -0.519. The van der Waals surface area contributed by atoms with Gasteiger partial charge in [0.05, 0.1) is 55.8 Å². The molecule has 1 fully saturated rings. The minimum atomic E-state index is -0.976. The van der Waals surface area contributed by atoms with E-state index < -0.39 is 36.2 Å². The van der Waals surface area contributed by atoms with Crippen LogP contribution >= 0.6 is 11.6 Å². The summed E-state index contributed by atoms with van der Waals surface area (Å²) < 4.78 is 11.7. The average molecular weight is 977 g/mol. The van der Waals surface area contributed by atoms with Crippen LogP contribution < -0.4 is 22.7 Å². The molecule has 9 aromatic rings. The summed E-state index contributed by atoms with van der Waals surface area (Å²) in [6.07, 6.45) is 4.15. The first-order valence-electron chi connectivity index (χ1n) is 20.9. The molecule has 0 radical (unpaired) electrons. The van der Waals surface area contributed by atoms with Crippen LogP contribution in [0, 0.1) is 0 Å². The molecule has 7 heterocycles. The number of nitrogen functional groups attached to an aromatic ring is 3. The lowest BCUT2D eigenvalue weighted by Crippen LogP contribution is -2.41. The lowest BCUT2D eigenvalue weighted by Gasteiger charge is -2.32. The Hall–Kier alpha value is -8.79. The maximum atomic E-state index is 11.0. The second-order valence-electron chi connectivity index (χ2n) is 16.2. The molecule has 1 aliphatic heterocycles. The molecule has 71 heavy (non-hydrogen) atoms. The quantitative estimate of drug-likeness (QED) is 0.0692. The molecule has 360 valence electrons. The van der Waals surface area contributed by atoms with Crippen molar-refractivity contribution in [1.82, 2.24) is 44.9 Å². The van der Waals surface area contributed by atoms with E-state index in [1.807, 2.05) is 33.8 Å². The van der Waals surface area contributed by atoms with Crippen molar-refractivity contribution in [3.05, 3.63) is 150 Å². The van der Waals surface area contributed by atoms with Gasteiger partial charge in [0.1, 0.15) is 40.7 Å². The van der Waals surface area contributed by atoms with Gasteiger partial charge >= 0.3 is 25.0 Å². The number of halogens is 1. The van der Waals surface area contributed by atoms with E-state index >= 15 is 0 Å². The van der Waals surface area contributed by atoms with Gasteiger partial charge in [-0.05, 0) is 106 Å². The normalized spacial score (nSPS) is 13.1. The fourth-order valence-electron chi connectivity index (χ4n) is 6.59. The van der Waals surface area contributed by atoms with Crippen molar-refractivity contribution in [1.29, 1.82) is 0 Å². The maximum absolute atomic E-state index is 11.0. The van der Waals surface area contributed by atoms with E-state index in [0.717, 1.165) is 5.46 Å². The first-order chi connectivity index (χ1) is 33.3. The summed E-state index contributed by atoms with van der Waals surface area (Å²) in [4.78, 5) is 69.4. The van der Waals surface area contributed by atoms with Gasteiger partial charge < -0.3 is 41.8 Å². The fraction of sp³-hybridized carbons (Fsp3) is 0.143. The van der Waals surface area contributed by atoms with Gasteiger partial charge in [0, 0.05) is 11.1 Å². The third kappa shape index (κ3) is 12.1. The van der Waals surface area contributed by atoms with Gasteiger partial charge in [0.2, 0.25) is 0 Å². The number of carboxylic acid groups (broad SMARTS) is 3. The largest absolute Gasteiger partial charge is 0.494 e. The number of benzene rings is 3. The molecule has 6 aromatic heterocycles. The lowest BCUT2D eigenvalue weighted by molar-refractivity contribution is 0.00578. The number of hydrogen-bond donors (Lipinski definition) is 6. The van der Waals surface area contributed by atoms with Crippen LogP contribution in [0.2, 0.25) is 5.15 Å². The summed E-state index contributed by atoms with van der Waals surface area (Å²) in [5.74, 6) is -1.96. The summed E-state index contributed by atoms with van der Waals surface area (Å²) in [5.41, 5.74) is 23.9. The molecule has 22 heteroatoms. The molecule has 20 nitrogen and oxygen atoms in total. The van der Waals surface area contributed by atoms with E-state index in [-0.39, 0.29) is 24.1 Å². The van der Waals surface area contributed by atoms with Crippen LogP contribution in [0.5, 0.6) is 0 Å². The Morgan fingerprint density at radius 3 is 1.28 bits per heavy atom. The van der Waals surface area contributed by atoms with Crippen molar-refractivity contribution < 1.29 is 39.0 Å². The summed E-state index contributed by atoms with van der Waals surface area (Å²) in [6, 6.07) is 30.3. The van der Waals surface area contributed by atoms with Crippen molar-refractivity contribution in [3.8, 4) is 22.5 Å². The molecule has 3 aromatic carbocycles. The number of fused-ring (bicyclic) bond motifs is 3. The molecule has 0 spiro atoms. The predicted octanol–water partition coefficient (Wildman–Crippen LogP) is 7.52. The van der Waals surface area contributed by atoms with E-state index in [0.29, 0.717) is 78.2 Å². The van der Waals surface area contributed by atoms with Gasteiger partial charge in [-0.15, -0.1) is 0 Å². The number of carbonyl (C=O) groups is 3. The molecule has 1 aliphatic rings. The Balaban J connectivity index is 0.000000157. The highest BCUT2D eigenvalue weighted by Gasteiger charge is 2.51. The Morgan fingerprint density at radius 1 is 0.507 bits per heavy atom. The van der Waals surface area contributed by atoms with Crippen molar-refractivity contribution >= 4 is 92.6 Å². The molecular weight excluding hydrogens is 931 g/mol. The van der Waals surface area contributed by atoms with Crippen molar-refractivity contribution in [2.24, 2.45) is 0 Å². The highest BCUT2D eigenvalue weighted by molar-refractivity contribution is 6.62. The number of rotatable bonds is 6. The second kappa shape index (κ2) is 21.7. The molecule has 1 saturated heterocycles. The van der Waals surface area contributed by atoms with Gasteiger partial charge in [-0.2, -0.15) is 0 Å². The minimum absolute atomic E-state index is 0. The third-order valence-corrected chi connectivity index (χ3v) is 11.2. The third-order valence-electron chi connectivity index (χ3n) is 11.0. The van der Waals surface area contributed by atoms with Gasteiger partial charge in [0.25, 0.3) is 0 Å². The molecule has 0 unspecified atom stereocenters. The van der Waals surface area contributed by atoms with E-state index in [1.165, 1.54) is 31.1 Å². The monoisotopic (exact) mass is 976 g/mol. The Bertz CT molecular complexity index is 3290. The van der Waals surface area contributed by atoms with Crippen LogP contribution in [-0.4, -0.2) is 96.4 Å².